The maximum Gasteiger partial charge on any atom is 0.242 e. The normalized spacial score (nSPS) is 12.1. The SMILES string of the molecule is CNC(=O)C(C)N(Cc1ccc(Cl)cc1Cl)C(=O)CCCN(c1cccc(OC)c1)S(C)(=O)=O. The third kappa shape index (κ3) is 7.51. The average molecular weight is 530 g/mol. The van der Waals surface area contributed by atoms with Gasteiger partial charge < -0.3 is 15.0 Å². The fourth-order valence-electron chi connectivity index (χ4n) is 3.39. The van der Waals surface area contributed by atoms with E-state index in [0.29, 0.717) is 27.0 Å². The number of hydrogen-bond donors (Lipinski definition) is 1. The Morgan fingerprint density at radius 2 is 1.85 bits per heavy atom. The molecule has 11 heteroatoms. The number of sulfonamides is 1. The molecule has 0 saturated carbocycles. The standard InChI is InChI=1S/C23H29Cl2N3O5S/c1-16(23(30)26-2)27(15-17-10-11-18(24)13-21(17)25)22(29)9-6-12-28(34(4,31)32)19-7-5-8-20(14-19)33-3/h5,7-8,10-11,13-14,16H,6,9,12,15H2,1-4H3,(H,26,30). The summed E-state index contributed by atoms with van der Waals surface area (Å²) in [7, 11) is -0.602. The number of halogens is 2. The lowest BCUT2D eigenvalue weighted by molar-refractivity contribution is -0.140. The van der Waals surface area contributed by atoms with Gasteiger partial charge in [-0.1, -0.05) is 35.3 Å². The second-order valence-corrected chi connectivity index (χ2v) is 10.4. The highest BCUT2D eigenvalue weighted by Crippen LogP contribution is 2.25. The van der Waals surface area contributed by atoms with Crippen LogP contribution in [0.1, 0.15) is 25.3 Å². The van der Waals surface area contributed by atoms with E-state index in [1.54, 1.807) is 49.4 Å². The number of amides is 2. The van der Waals surface area contributed by atoms with Crippen molar-refractivity contribution < 1.29 is 22.7 Å². The Bertz CT molecular complexity index is 1130. The number of hydrogen-bond acceptors (Lipinski definition) is 5. The first-order chi connectivity index (χ1) is 16.0. The number of rotatable bonds is 11. The Labute approximate surface area is 210 Å². The fourth-order valence-corrected chi connectivity index (χ4v) is 4.82. The van der Waals surface area contributed by atoms with Gasteiger partial charge in [0.05, 0.1) is 19.1 Å². The molecule has 0 aromatic heterocycles. The first kappa shape index (κ1) is 27.8. The lowest BCUT2D eigenvalue weighted by Gasteiger charge is -2.29. The predicted octanol–water partition coefficient (Wildman–Crippen LogP) is 3.71. The van der Waals surface area contributed by atoms with E-state index in [9.17, 15) is 18.0 Å². The molecule has 1 unspecified atom stereocenters. The summed E-state index contributed by atoms with van der Waals surface area (Å²) >= 11 is 12.2. The van der Waals surface area contributed by atoms with Crippen LogP contribution in [0.4, 0.5) is 5.69 Å². The third-order valence-electron chi connectivity index (χ3n) is 5.26. The zero-order valence-electron chi connectivity index (χ0n) is 19.5. The topological polar surface area (TPSA) is 96.0 Å². The zero-order valence-corrected chi connectivity index (χ0v) is 21.9. The Hall–Kier alpha value is -2.49. The molecule has 0 aliphatic carbocycles. The number of methoxy groups -OCH3 is 1. The van der Waals surface area contributed by atoms with Gasteiger partial charge in [-0.15, -0.1) is 0 Å². The molecule has 0 bridgehead atoms. The second kappa shape index (κ2) is 12.3. The number of carbonyl (C=O) groups is 2. The molecule has 0 spiro atoms. The highest BCUT2D eigenvalue weighted by atomic mass is 35.5. The van der Waals surface area contributed by atoms with Crippen LogP contribution >= 0.6 is 23.2 Å². The average Bonchev–Trinajstić information content (AvgIpc) is 2.79. The molecule has 0 aliphatic heterocycles. The molecule has 186 valence electrons. The minimum absolute atomic E-state index is 0.0303. The number of nitrogens with one attached hydrogen (secondary N) is 1. The molecule has 2 aromatic rings. The summed E-state index contributed by atoms with van der Waals surface area (Å²) in [4.78, 5) is 26.9. The van der Waals surface area contributed by atoms with E-state index in [2.05, 4.69) is 5.32 Å². The van der Waals surface area contributed by atoms with Crippen LogP contribution in [-0.4, -0.2) is 58.1 Å². The minimum Gasteiger partial charge on any atom is -0.497 e. The van der Waals surface area contributed by atoms with Crippen LogP contribution in [0.25, 0.3) is 0 Å². The molecule has 2 amide bonds. The zero-order chi connectivity index (χ0) is 25.5. The lowest BCUT2D eigenvalue weighted by atomic mass is 10.1. The van der Waals surface area contributed by atoms with Crippen LogP contribution in [0.2, 0.25) is 10.0 Å². The van der Waals surface area contributed by atoms with Crippen LogP contribution in [0.3, 0.4) is 0 Å². The lowest BCUT2D eigenvalue weighted by Crippen LogP contribution is -2.46. The number of nitrogens with zero attached hydrogens (tertiary/aromatic N) is 2. The summed E-state index contributed by atoms with van der Waals surface area (Å²) in [6.45, 7) is 1.82. The van der Waals surface area contributed by atoms with Crippen molar-refractivity contribution in [3.63, 3.8) is 0 Å². The number of likely N-dealkylation sites (N-methyl/N-ethyl adjacent to an activating group) is 1. The van der Waals surface area contributed by atoms with Crippen LogP contribution in [0, 0.1) is 0 Å². The van der Waals surface area contributed by atoms with Crippen molar-refractivity contribution in [3.05, 3.63) is 58.1 Å². The predicted molar refractivity (Wildman–Crippen MR) is 135 cm³/mol. The van der Waals surface area contributed by atoms with E-state index in [1.807, 2.05) is 0 Å². The van der Waals surface area contributed by atoms with E-state index in [-0.39, 0.29) is 37.7 Å². The third-order valence-corrected chi connectivity index (χ3v) is 7.04. The second-order valence-electron chi connectivity index (χ2n) is 7.69. The molecule has 0 radical (unpaired) electrons. The van der Waals surface area contributed by atoms with Gasteiger partial charge in [0.1, 0.15) is 11.8 Å². The summed E-state index contributed by atoms with van der Waals surface area (Å²) in [5.41, 5.74) is 1.09. The monoisotopic (exact) mass is 529 g/mol. The van der Waals surface area contributed by atoms with Gasteiger partial charge in [0.2, 0.25) is 21.8 Å². The van der Waals surface area contributed by atoms with Crippen molar-refractivity contribution in [2.24, 2.45) is 0 Å². The largest absolute Gasteiger partial charge is 0.497 e. The van der Waals surface area contributed by atoms with E-state index in [4.69, 9.17) is 27.9 Å². The Balaban J connectivity index is 2.18. The van der Waals surface area contributed by atoms with Gasteiger partial charge in [-0.2, -0.15) is 0 Å². The van der Waals surface area contributed by atoms with Gasteiger partial charge in [-0.3, -0.25) is 13.9 Å². The summed E-state index contributed by atoms with van der Waals surface area (Å²) in [5, 5.41) is 3.40. The smallest absolute Gasteiger partial charge is 0.242 e. The Morgan fingerprint density at radius 3 is 2.44 bits per heavy atom. The molecule has 1 N–H and O–H groups in total. The molecule has 2 aromatic carbocycles. The molecule has 0 heterocycles. The van der Waals surface area contributed by atoms with Gasteiger partial charge in [-0.25, -0.2) is 8.42 Å². The molecule has 1 atom stereocenters. The first-order valence-electron chi connectivity index (χ1n) is 10.5. The number of anilines is 1. The van der Waals surface area contributed by atoms with Crippen LogP contribution in [0.5, 0.6) is 5.75 Å². The van der Waals surface area contributed by atoms with Crippen molar-refractivity contribution in [1.82, 2.24) is 10.2 Å². The van der Waals surface area contributed by atoms with Gasteiger partial charge in [0.15, 0.2) is 0 Å². The fraction of sp³-hybridized carbons (Fsp3) is 0.391. The summed E-state index contributed by atoms with van der Waals surface area (Å²) in [6.07, 6.45) is 1.38. The van der Waals surface area contributed by atoms with E-state index in [0.717, 1.165) is 6.26 Å². The van der Waals surface area contributed by atoms with Crippen molar-refractivity contribution in [1.29, 1.82) is 0 Å². The van der Waals surface area contributed by atoms with E-state index in [1.165, 1.54) is 23.4 Å². The number of ether oxygens (including phenoxy) is 1. The molecular weight excluding hydrogens is 501 g/mol. The van der Waals surface area contributed by atoms with Crippen molar-refractivity contribution in [2.45, 2.75) is 32.4 Å². The van der Waals surface area contributed by atoms with Crippen molar-refractivity contribution >= 4 is 50.7 Å². The molecular formula is C23H29Cl2N3O5S. The molecule has 8 nitrogen and oxygen atoms in total. The maximum absolute atomic E-state index is 13.1. The highest BCUT2D eigenvalue weighted by molar-refractivity contribution is 7.92. The molecule has 2 rings (SSSR count). The Morgan fingerprint density at radius 1 is 1.15 bits per heavy atom. The first-order valence-corrected chi connectivity index (χ1v) is 13.1. The van der Waals surface area contributed by atoms with Gasteiger partial charge >= 0.3 is 0 Å². The molecule has 34 heavy (non-hydrogen) atoms. The van der Waals surface area contributed by atoms with E-state index < -0.39 is 16.1 Å². The summed E-state index contributed by atoms with van der Waals surface area (Å²) in [6, 6.07) is 10.9. The van der Waals surface area contributed by atoms with Gasteiger partial charge in [-0.05, 0) is 43.2 Å². The summed E-state index contributed by atoms with van der Waals surface area (Å²) < 4.78 is 31.2. The number of benzene rings is 2. The minimum atomic E-state index is -3.59. The highest BCUT2D eigenvalue weighted by Gasteiger charge is 2.26. The molecule has 0 saturated heterocycles. The van der Waals surface area contributed by atoms with Crippen molar-refractivity contribution in [3.8, 4) is 5.75 Å². The molecule has 0 aliphatic rings. The quantitative estimate of drug-likeness (QED) is 0.478. The number of carbonyl (C=O) groups excluding carboxylic acids is 2. The van der Waals surface area contributed by atoms with Gasteiger partial charge in [0.25, 0.3) is 0 Å². The Kier molecular flexibility index (Phi) is 10.0. The summed E-state index contributed by atoms with van der Waals surface area (Å²) in [5.74, 6) is -0.110. The van der Waals surface area contributed by atoms with E-state index >= 15 is 0 Å². The molecule has 0 fully saturated rings. The van der Waals surface area contributed by atoms with Crippen molar-refractivity contribution in [2.75, 3.05) is 31.3 Å². The van der Waals surface area contributed by atoms with Gasteiger partial charge in [0, 0.05) is 42.7 Å². The maximum atomic E-state index is 13.1. The van der Waals surface area contributed by atoms with Crippen LogP contribution in [-0.2, 0) is 26.2 Å². The van der Waals surface area contributed by atoms with Crippen LogP contribution in [0.15, 0.2) is 42.5 Å². The van der Waals surface area contributed by atoms with Crippen LogP contribution < -0.4 is 14.4 Å².